The topological polar surface area (TPSA) is 74.0 Å². The minimum atomic E-state index is -0.703. The third-order valence-electron chi connectivity index (χ3n) is 5.89. The Morgan fingerprint density at radius 1 is 0.926 bits per heavy atom. The minimum Gasteiger partial charge on any atom is -0.632 e. The molecule has 0 radical (unpaired) electrons. The Hall–Kier alpha value is -0.650. The van der Waals surface area contributed by atoms with Gasteiger partial charge in [0.25, 0.3) is 0 Å². The number of carbonyl (C=O) groups is 1. The monoisotopic (exact) mass is 385 g/mol. The van der Waals surface area contributed by atoms with E-state index in [0.29, 0.717) is 11.7 Å². The van der Waals surface area contributed by atoms with Crippen LogP contribution in [0.25, 0.3) is 0 Å². The highest BCUT2D eigenvalue weighted by atomic mass is 16.6. The number of hydrogen-bond acceptors (Lipinski definition) is 3. The van der Waals surface area contributed by atoms with Gasteiger partial charge in [0.1, 0.15) is 12.1 Å². The van der Waals surface area contributed by atoms with Crippen LogP contribution in [-0.4, -0.2) is 28.9 Å². The van der Waals surface area contributed by atoms with E-state index in [-0.39, 0.29) is 12.0 Å². The van der Waals surface area contributed by atoms with Crippen LogP contribution in [0.15, 0.2) is 0 Å². The van der Waals surface area contributed by atoms with Gasteiger partial charge >= 0.3 is 5.97 Å². The summed E-state index contributed by atoms with van der Waals surface area (Å²) in [5.41, 5.74) is -0.892. The van der Waals surface area contributed by atoms with Crippen molar-refractivity contribution in [1.29, 1.82) is 0 Å². The van der Waals surface area contributed by atoms with Crippen molar-refractivity contribution < 1.29 is 19.7 Å². The number of hydroxylamine groups is 2. The highest BCUT2D eigenvalue weighted by molar-refractivity contribution is 5.66. The third-order valence-corrected chi connectivity index (χ3v) is 5.89. The predicted octanol–water partition coefficient (Wildman–Crippen LogP) is 4.83. The van der Waals surface area contributed by atoms with Gasteiger partial charge < -0.3 is 20.1 Å². The van der Waals surface area contributed by atoms with Gasteiger partial charge in [0.15, 0.2) is 0 Å². The molecular weight excluding hydrogens is 342 g/mol. The van der Waals surface area contributed by atoms with Crippen molar-refractivity contribution >= 4 is 5.97 Å². The number of nitrogens with one attached hydrogen (secondary N) is 1. The van der Waals surface area contributed by atoms with E-state index < -0.39 is 11.7 Å². The fourth-order valence-corrected chi connectivity index (χ4v) is 4.15. The summed E-state index contributed by atoms with van der Waals surface area (Å²) in [5.74, 6) is -0.703. The summed E-state index contributed by atoms with van der Waals surface area (Å²) in [6.45, 7) is 6.81. The van der Waals surface area contributed by atoms with Gasteiger partial charge in [-0.05, 0) is 33.1 Å². The van der Waals surface area contributed by atoms with Crippen LogP contribution < -0.4 is 5.06 Å². The normalized spacial score (nSPS) is 24.4. The molecule has 0 aliphatic carbocycles. The van der Waals surface area contributed by atoms with E-state index in [1.54, 1.807) is 0 Å². The lowest BCUT2D eigenvalue weighted by Crippen LogP contribution is -3.20. The van der Waals surface area contributed by atoms with Crippen molar-refractivity contribution in [3.63, 3.8) is 0 Å². The zero-order chi connectivity index (χ0) is 20.2. The first kappa shape index (κ1) is 24.4. The molecule has 5 nitrogen and oxygen atoms in total. The van der Waals surface area contributed by atoms with E-state index in [1.165, 1.54) is 32.1 Å². The number of quaternary nitrogens is 1. The molecule has 160 valence electrons. The van der Waals surface area contributed by atoms with Gasteiger partial charge in [-0.2, -0.15) is 0 Å². The number of hydrogen-bond donors (Lipinski definition) is 2. The summed E-state index contributed by atoms with van der Waals surface area (Å²) in [6.07, 6.45) is 15.5. The lowest BCUT2D eigenvalue weighted by atomic mass is 9.95. The zero-order valence-corrected chi connectivity index (χ0v) is 18.0. The number of aliphatic carboxylic acids is 1. The van der Waals surface area contributed by atoms with E-state index in [0.717, 1.165) is 57.8 Å². The lowest BCUT2D eigenvalue weighted by Gasteiger charge is -2.42. The average molecular weight is 386 g/mol. The zero-order valence-electron chi connectivity index (χ0n) is 18.0. The van der Waals surface area contributed by atoms with Gasteiger partial charge in [-0.1, -0.05) is 64.7 Å². The fourth-order valence-electron chi connectivity index (χ4n) is 4.15. The Morgan fingerprint density at radius 2 is 1.41 bits per heavy atom. The molecule has 2 atom stereocenters. The molecule has 1 saturated heterocycles. The molecule has 1 heterocycles. The fraction of sp³-hybridized carbons (Fsp3) is 0.955. The maximum Gasteiger partial charge on any atom is 0.303 e. The van der Waals surface area contributed by atoms with Crippen LogP contribution in [0.4, 0.5) is 0 Å². The van der Waals surface area contributed by atoms with Crippen LogP contribution in [0.3, 0.4) is 0 Å². The van der Waals surface area contributed by atoms with Crippen molar-refractivity contribution in [2.24, 2.45) is 0 Å². The second-order valence-corrected chi connectivity index (χ2v) is 9.03. The maximum atomic E-state index is 13.0. The van der Waals surface area contributed by atoms with Crippen molar-refractivity contribution in [2.45, 2.75) is 128 Å². The van der Waals surface area contributed by atoms with E-state index in [9.17, 15) is 10.0 Å². The van der Waals surface area contributed by atoms with Gasteiger partial charge in [0.05, 0.1) is 0 Å². The number of carboxylic acid groups (broad SMARTS) is 1. The Labute approximate surface area is 166 Å². The van der Waals surface area contributed by atoms with Crippen molar-refractivity contribution in [3.05, 3.63) is 5.21 Å². The lowest BCUT2D eigenvalue weighted by molar-refractivity contribution is -0.950. The summed E-state index contributed by atoms with van der Waals surface area (Å²) in [6, 6.07) is 0. The van der Waals surface area contributed by atoms with Gasteiger partial charge in [-0.15, -0.1) is 0 Å². The quantitative estimate of drug-likeness (QED) is 0.295. The van der Waals surface area contributed by atoms with Crippen LogP contribution in [0, 0.1) is 5.21 Å². The number of carboxylic acids is 1. The first-order chi connectivity index (χ1) is 12.8. The van der Waals surface area contributed by atoms with Crippen molar-refractivity contribution in [1.82, 2.24) is 0 Å². The Morgan fingerprint density at radius 3 is 1.85 bits per heavy atom. The largest absolute Gasteiger partial charge is 0.632 e. The molecule has 1 aliphatic rings. The molecule has 27 heavy (non-hydrogen) atoms. The molecule has 1 aliphatic heterocycles. The Bertz CT molecular complexity index is 413. The molecule has 2 unspecified atom stereocenters. The van der Waals surface area contributed by atoms with E-state index in [1.807, 2.05) is 13.8 Å². The highest BCUT2D eigenvalue weighted by Crippen LogP contribution is 2.28. The summed E-state index contributed by atoms with van der Waals surface area (Å²) >= 11 is 0. The summed E-state index contributed by atoms with van der Waals surface area (Å²) in [4.78, 5) is 10.5. The molecule has 2 N–H and O–H groups in total. The van der Waals surface area contributed by atoms with Crippen LogP contribution in [0.1, 0.15) is 117 Å². The van der Waals surface area contributed by atoms with Gasteiger partial charge in [0, 0.05) is 19.3 Å². The third kappa shape index (κ3) is 8.93. The molecule has 0 spiro atoms. The molecule has 0 aromatic rings. The van der Waals surface area contributed by atoms with Gasteiger partial charge in [-0.3, -0.25) is 4.79 Å². The molecule has 0 amide bonds. The Balaban J connectivity index is 2.32. The molecule has 0 aromatic carbocycles. The van der Waals surface area contributed by atoms with Crippen LogP contribution in [-0.2, 0) is 9.53 Å². The average Bonchev–Trinajstić information content (AvgIpc) is 2.84. The molecule has 5 heteroatoms. The molecule has 1 rings (SSSR count). The van der Waals surface area contributed by atoms with Crippen molar-refractivity contribution in [3.8, 4) is 0 Å². The Kier molecular flexibility index (Phi) is 11.5. The molecule has 1 fully saturated rings. The second-order valence-electron chi connectivity index (χ2n) is 9.03. The van der Waals surface area contributed by atoms with E-state index >= 15 is 0 Å². The molecule has 0 bridgehead atoms. The van der Waals surface area contributed by atoms with Crippen LogP contribution in [0.2, 0.25) is 0 Å². The smallest absolute Gasteiger partial charge is 0.303 e. The predicted molar refractivity (Wildman–Crippen MR) is 110 cm³/mol. The first-order valence-electron chi connectivity index (χ1n) is 11.2. The van der Waals surface area contributed by atoms with E-state index in [4.69, 9.17) is 9.84 Å². The highest BCUT2D eigenvalue weighted by Gasteiger charge is 2.51. The number of rotatable bonds is 16. The second kappa shape index (κ2) is 12.7. The summed E-state index contributed by atoms with van der Waals surface area (Å²) < 4.78 is 6.15. The van der Waals surface area contributed by atoms with Gasteiger partial charge in [0.2, 0.25) is 5.72 Å². The summed E-state index contributed by atoms with van der Waals surface area (Å²) in [7, 11) is 0. The molecular formula is C22H43NO4. The SMILES string of the molecule is CCCCCCCCC1(CCCCCCCCC(=O)O)OCC(C)(C)[NH+]1[O-]. The standard InChI is InChI=1S/C22H43NO4/c1-4-5-6-7-11-14-17-22(23(26)21(2,3)19-27-22)18-15-12-9-8-10-13-16-20(24)25/h23H,4-19H2,1-3H3,(H,24,25). The number of ether oxygens (including phenoxy) is 1. The van der Waals surface area contributed by atoms with Crippen LogP contribution in [0.5, 0.6) is 0 Å². The van der Waals surface area contributed by atoms with Crippen molar-refractivity contribution in [2.75, 3.05) is 6.61 Å². The molecule has 0 aromatic heterocycles. The van der Waals surface area contributed by atoms with Gasteiger partial charge in [-0.25, -0.2) is 0 Å². The summed E-state index contributed by atoms with van der Waals surface area (Å²) in [5, 5.41) is 22.0. The minimum absolute atomic E-state index is 0.277. The first-order valence-corrected chi connectivity index (χ1v) is 11.2. The van der Waals surface area contributed by atoms with Crippen LogP contribution >= 0.6 is 0 Å². The maximum absolute atomic E-state index is 13.0. The van der Waals surface area contributed by atoms with E-state index in [2.05, 4.69) is 6.92 Å². The number of unbranched alkanes of at least 4 members (excludes halogenated alkanes) is 10. The molecule has 0 saturated carbocycles.